The van der Waals surface area contributed by atoms with Crippen LogP contribution in [0.2, 0.25) is 0 Å². The van der Waals surface area contributed by atoms with Crippen molar-refractivity contribution >= 4 is 0 Å². The first-order valence-electron chi connectivity index (χ1n) is 4.23. The van der Waals surface area contributed by atoms with Crippen molar-refractivity contribution in [3.8, 4) is 0 Å². The van der Waals surface area contributed by atoms with Crippen molar-refractivity contribution in [2.45, 2.75) is 25.0 Å². The summed E-state index contributed by atoms with van der Waals surface area (Å²) in [6.45, 7) is 2.34. The van der Waals surface area contributed by atoms with Crippen molar-refractivity contribution < 1.29 is 14.6 Å². The first-order valence-corrected chi connectivity index (χ1v) is 4.23. The molecule has 0 bridgehead atoms. The summed E-state index contributed by atoms with van der Waals surface area (Å²) >= 11 is 0. The molecule has 1 N–H and O–H groups in total. The van der Waals surface area contributed by atoms with Gasteiger partial charge in [0.15, 0.2) is 0 Å². The molecular weight excluding hydrogens is 144 g/mol. The molecule has 2 unspecified atom stereocenters. The van der Waals surface area contributed by atoms with Gasteiger partial charge >= 0.3 is 0 Å². The molecule has 0 aliphatic carbocycles. The normalized spacial score (nSPS) is 40.1. The van der Waals surface area contributed by atoms with E-state index in [1.165, 1.54) is 0 Å². The van der Waals surface area contributed by atoms with Crippen molar-refractivity contribution in [1.82, 2.24) is 0 Å². The maximum atomic E-state index is 9.33. The summed E-state index contributed by atoms with van der Waals surface area (Å²) < 4.78 is 10.6. The molecule has 2 saturated heterocycles. The number of aliphatic hydroxyl groups excluding tert-OH is 1. The average Bonchev–Trinajstić information content (AvgIpc) is 1.83. The molecule has 2 aliphatic rings. The van der Waals surface area contributed by atoms with Gasteiger partial charge in [0.25, 0.3) is 0 Å². The molecule has 2 heterocycles. The molecule has 0 aromatic carbocycles. The molecule has 0 radical (unpaired) electrons. The first-order chi connectivity index (χ1) is 5.36. The topological polar surface area (TPSA) is 38.7 Å². The van der Waals surface area contributed by atoms with Crippen LogP contribution in [-0.2, 0) is 9.47 Å². The van der Waals surface area contributed by atoms with Gasteiger partial charge in [-0.05, 0) is 6.42 Å². The predicted octanol–water partition coefficient (Wildman–Crippen LogP) is 0.173. The molecule has 11 heavy (non-hydrogen) atoms. The highest BCUT2D eigenvalue weighted by molar-refractivity contribution is 4.80. The second-order valence-corrected chi connectivity index (χ2v) is 3.38. The van der Waals surface area contributed by atoms with Gasteiger partial charge in [-0.25, -0.2) is 0 Å². The van der Waals surface area contributed by atoms with E-state index in [4.69, 9.17) is 9.47 Å². The monoisotopic (exact) mass is 158 g/mol. The van der Waals surface area contributed by atoms with Crippen LogP contribution in [0, 0.1) is 5.92 Å². The van der Waals surface area contributed by atoms with Crippen LogP contribution >= 0.6 is 0 Å². The minimum Gasteiger partial charge on any atom is -0.393 e. The van der Waals surface area contributed by atoms with Gasteiger partial charge in [-0.2, -0.15) is 0 Å². The third kappa shape index (κ3) is 1.55. The van der Waals surface area contributed by atoms with Crippen LogP contribution < -0.4 is 0 Å². The largest absolute Gasteiger partial charge is 0.393 e. The van der Waals surface area contributed by atoms with E-state index in [0.29, 0.717) is 12.5 Å². The summed E-state index contributed by atoms with van der Waals surface area (Å²) in [7, 11) is 0. The molecule has 2 rings (SSSR count). The summed E-state index contributed by atoms with van der Waals surface area (Å²) in [5, 5.41) is 9.33. The summed E-state index contributed by atoms with van der Waals surface area (Å²) in [4.78, 5) is 0. The highest BCUT2D eigenvalue weighted by Crippen LogP contribution is 2.25. The van der Waals surface area contributed by atoms with Crippen molar-refractivity contribution in [2.75, 3.05) is 19.8 Å². The van der Waals surface area contributed by atoms with Crippen LogP contribution in [-0.4, -0.2) is 37.1 Å². The van der Waals surface area contributed by atoms with Crippen LogP contribution in [0.4, 0.5) is 0 Å². The minimum atomic E-state index is -0.144. The Balaban J connectivity index is 1.82. The predicted molar refractivity (Wildman–Crippen MR) is 39.3 cm³/mol. The van der Waals surface area contributed by atoms with Crippen LogP contribution in [0.5, 0.6) is 0 Å². The van der Waals surface area contributed by atoms with E-state index in [9.17, 15) is 5.11 Å². The second kappa shape index (κ2) is 3.09. The van der Waals surface area contributed by atoms with Crippen LogP contribution in [0.1, 0.15) is 12.8 Å². The van der Waals surface area contributed by atoms with Crippen LogP contribution in [0.3, 0.4) is 0 Å². The third-order valence-electron chi connectivity index (χ3n) is 2.48. The molecule has 3 heteroatoms. The lowest BCUT2D eigenvalue weighted by Gasteiger charge is -2.37. The lowest BCUT2D eigenvalue weighted by atomic mass is 9.93. The molecule has 0 saturated carbocycles. The molecule has 2 atom stereocenters. The lowest BCUT2D eigenvalue weighted by molar-refractivity contribution is -0.144. The summed E-state index contributed by atoms with van der Waals surface area (Å²) in [5.41, 5.74) is 0. The highest BCUT2D eigenvalue weighted by atomic mass is 16.5. The fraction of sp³-hybridized carbons (Fsp3) is 1.00. The lowest BCUT2D eigenvalue weighted by Crippen LogP contribution is -2.43. The Morgan fingerprint density at radius 3 is 2.64 bits per heavy atom. The molecule has 2 fully saturated rings. The molecule has 2 aliphatic heterocycles. The molecule has 0 aromatic rings. The Kier molecular flexibility index (Phi) is 2.11. The quantitative estimate of drug-likeness (QED) is 0.591. The van der Waals surface area contributed by atoms with Crippen molar-refractivity contribution in [3.05, 3.63) is 0 Å². The van der Waals surface area contributed by atoms with E-state index in [-0.39, 0.29) is 12.2 Å². The standard InChI is InChI=1S/C8H14O3/c9-7-1-2-11-8(3-7)6-4-10-5-6/h6-9H,1-5H2. The summed E-state index contributed by atoms with van der Waals surface area (Å²) in [6, 6.07) is 0. The molecular formula is C8H14O3. The molecule has 0 spiro atoms. The number of rotatable bonds is 1. The molecule has 0 aromatic heterocycles. The minimum absolute atomic E-state index is 0.144. The molecule has 64 valence electrons. The van der Waals surface area contributed by atoms with E-state index in [0.717, 1.165) is 26.1 Å². The third-order valence-corrected chi connectivity index (χ3v) is 2.48. The van der Waals surface area contributed by atoms with Gasteiger partial charge in [-0.3, -0.25) is 0 Å². The van der Waals surface area contributed by atoms with E-state index in [1.807, 2.05) is 0 Å². The fourth-order valence-electron chi connectivity index (χ4n) is 1.61. The zero-order valence-corrected chi connectivity index (χ0v) is 6.53. The Morgan fingerprint density at radius 2 is 2.09 bits per heavy atom. The van der Waals surface area contributed by atoms with Gasteiger partial charge < -0.3 is 14.6 Å². The van der Waals surface area contributed by atoms with Crippen LogP contribution in [0.25, 0.3) is 0 Å². The average molecular weight is 158 g/mol. The van der Waals surface area contributed by atoms with Gasteiger partial charge in [0.2, 0.25) is 0 Å². The van der Waals surface area contributed by atoms with E-state index in [1.54, 1.807) is 0 Å². The number of hydrogen-bond donors (Lipinski definition) is 1. The van der Waals surface area contributed by atoms with Gasteiger partial charge in [0.05, 0.1) is 25.4 Å². The number of aliphatic hydroxyl groups is 1. The molecule has 3 nitrogen and oxygen atoms in total. The van der Waals surface area contributed by atoms with Gasteiger partial charge in [-0.15, -0.1) is 0 Å². The Morgan fingerprint density at radius 1 is 1.27 bits per heavy atom. The van der Waals surface area contributed by atoms with Crippen LogP contribution in [0.15, 0.2) is 0 Å². The fourth-order valence-corrected chi connectivity index (χ4v) is 1.61. The Labute approximate surface area is 66.3 Å². The zero-order valence-electron chi connectivity index (χ0n) is 6.53. The first kappa shape index (κ1) is 7.53. The van der Waals surface area contributed by atoms with E-state index in [2.05, 4.69) is 0 Å². The SMILES string of the molecule is OC1CCOC(C2COC2)C1. The van der Waals surface area contributed by atoms with Crippen molar-refractivity contribution in [1.29, 1.82) is 0 Å². The summed E-state index contributed by atoms with van der Waals surface area (Å²) in [6.07, 6.45) is 1.71. The summed E-state index contributed by atoms with van der Waals surface area (Å²) in [5.74, 6) is 0.546. The number of hydrogen-bond acceptors (Lipinski definition) is 3. The van der Waals surface area contributed by atoms with Crippen molar-refractivity contribution in [2.24, 2.45) is 5.92 Å². The molecule has 0 amide bonds. The van der Waals surface area contributed by atoms with Crippen molar-refractivity contribution in [3.63, 3.8) is 0 Å². The smallest absolute Gasteiger partial charge is 0.0672 e. The number of ether oxygens (including phenoxy) is 2. The maximum absolute atomic E-state index is 9.33. The second-order valence-electron chi connectivity index (χ2n) is 3.38. The highest BCUT2D eigenvalue weighted by Gasteiger charge is 2.32. The van der Waals surface area contributed by atoms with E-state index < -0.39 is 0 Å². The van der Waals surface area contributed by atoms with Gasteiger partial charge in [0.1, 0.15) is 0 Å². The van der Waals surface area contributed by atoms with E-state index >= 15 is 0 Å². The maximum Gasteiger partial charge on any atom is 0.0672 e. The van der Waals surface area contributed by atoms with Gasteiger partial charge in [0, 0.05) is 18.9 Å². The Bertz CT molecular complexity index is 133. The zero-order chi connectivity index (χ0) is 7.68. The Hall–Kier alpha value is -0.120. The van der Waals surface area contributed by atoms with Gasteiger partial charge in [-0.1, -0.05) is 0 Å².